The van der Waals surface area contributed by atoms with Gasteiger partial charge in [0.25, 0.3) is 0 Å². The maximum Gasteiger partial charge on any atom is 0.223 e. The van der Waals surface area contributed by atoms with Gasteiger partial charge in [0.05, 0.1) is 0 Å². The molecule has 1 atom stereocenters. The van der Waals surface area contributed by atoms with Crippen LogP contribution in [-0.4, -0.2) is 11.4 Å². The van der Waals surface area contributed by atoms with Crippen molar-refractivity contribution < 1.29 is 7.54 Å². The SMILES string of the molecule is [2H]C1([2H])CC1C(=O)NC(C)(C)C. The van der Waals surface area contributed by atoms with E-state index in [1.807, 2.05) is 20.8 Å². The average Bonchev–Trinajstić information content (AvgIpc) is 2.35. The van der Waals surface area contributed by atoms with Crippen molar-refractivity contribution in [1.82, 2.24) is 5.32 Å². The molecule has 2 heteroatoms. The average molecular weight is 143 g/mol. The minimum atomic E-state index is -1.25. The molecule has 0 aromatic carbocycles. The molecule has 1 unspecified atom stereocenters. The molecule has 0 aromatic rings. The number of nitrogens with one attached hydrogen (secondary N) is 1. The first-order chi connectivity index (χ1) is 5.22. The van der Waals surface area contributed by atoms with Crippen LogP contribution in [0.2, 0.25) is 0 Å². The van der Waals surface area contributed by atoms with Gasteiger partial charge in [-0.05, 0) is 33.6 Å². The van der Waals surface area contributed by atoms with Gasteiger partial charge in [-0.3, -0.25) is 4.79 Å². The molecule has 10 heavy (non-hydrogen) atoms. The first-order valence-corrected chi connectivity index (χ1v) is 3.54. The molecule has 0 saturated heterocycles. The zero-order valence-electron chi connectivity index (χ0n) is 8.69. The van der Waals surface area contributed by atoms with Crippen LogP contribution in [-0.2, 0) is 4.79 Å². The van der Waals surface area contributed by atoms with Crippen LogP contribution in [0.25, 0.3) is 0 Å². The summed E-state index contributed by atoms with van der Waals surface area (Å²) >= 11 is 0. The molecular weight excluding hydrogens is 126 g/mol. The van der Waals surface area contributed by atoms with Gasteiger partial charge in [0.2, 0.25) is 5.91 Å². The molecule has 0 heterocycles. The van der Waals surface area contributed by atoms with Crippen LogP contribution >= 0.6 is 0 Å². The lowest BCUT2D eigenvalue weighted by Crippen LogP contribution is -2.41. The van der Waals surface area contributed by atoms with E-state index in [9.17, 15) is 4.79 Å². The maximum atomic E-state index is 11.3. The fraction of sp³-hybridized carbons (Fsp3) is 0.875. The van der Waals surface area contributed by atoms with Crippen molar-refractivity contribution in [1.29, 1.82) is 0 Å². The van der Waals surface area contributed by atoms with E-state index in [-0.39, 0.29) is 11.4 Å². The summed E-state index contributed by atoms with van der Waals surface area (Å²) in [6.45, 7) is 5.68. The molecule has 0 aliphatic heterocycles. The lowest BCUT2D eigenvalue weighted by atomic mass is 10.1. The first-order valence-electron chi connectivity index (χ1n) is 4.54. The highest BCUT2D eigenvalue weighted by Crippen LogP contribution is 2.29. The summed E-state index contributed by atoms with van der Waals surface area (Å²) in [7, 11) is 0. The fourth-order valence-corrected chi connectivity index (χ4v) is 0.701. The van der Waals surface area contributed by atoms with Crippen LogP contribution in [0.15, 0.2) is 0 Å². The van der Waals surface area contributed by atoms with E-state index >= 15 is 0 Å². The molecule has 1 aliphatic rings. The quantitative estimate of drug-likeness (QED) is 0.589. The lowest BCUT2D eigenvalue weighted by Gasteiger charge is -2.20. The molecule has 0 aromatic heterocycles. The van der Waals surface area contributed by atoms with Gasteiger partial charge in [-0.15, -0.1) is 0 Å². The molecule has 1 rings (SSSR count). The molecule has 0 spiro atoms. The third kappa shape index (κ3) is 2.38. The van der Waals surface area contributed by atoms with E-state index in [0.717, 1.165) is 0 Å². The Kier molecular flexibility index (Phi) is 1.17. The minimum absolute atomic E-state index is 0.160. The second-order valence-electron chi connectivity index (χ2n) is 3.70. The van der Waals surface area contributed by atoms with Crippen molar-refractivity contribution in [2.24, 2.45) is 5.92 Å². The van der Waals surface area contributed by atoms with Gasteiger partial charge >= 0.3 is 0 Å². The summed E-state index contributed by atoms with van der Waals surface area (Å²) in [5.74, 6) is -0.579. The summed E-state index contributed by atoms with van der Waals surface area (Å²) in [5.41, 5.74) is -0.254. The Labute approximate surface area is 64.8 Å². The third-order valence-electron chi connectivity index (χ3n) is 1.22. The van der Waals surface area contributed by atoms with Crippen LogP contribution in [0.5, 0.6) is 0 Å². The zero-order valence-corrected chi connectivity index (χ0v) is 6.69. The van der Waals surface area contributed by atoms with Crippen molar-refractivity contribution in [3.63, 3.8) is 0 Å². The fourth-order valence-electron chi connectivity index (χ4n) is 0.701. The number of amides is 1. The molecular formula is C8H15NO. The lowest BCUT2D eigenvalue weighted by molar-refractivity contribution is -0.123. The van der Waals surface area contributed by atoms with Gasteiger partial charge in [-0.1, -0.05) is 0 Å². The Balaban J connectivity index is 2.42. The maximum absolute atomic E-state index is 11.3. The van der Waals surface area contributed by atoms with Crippen molar-refractivity contribution in [2.75, 3.05) is 0 Å². The monoisotopic (exact) mass is 143 g/mol. The van der Waals surface area contributed by atoms with E-state index in [2.05, 4.69) is 5.32 Å². The van der Waals surface area contributed by atoms with Gasteiger partial charge < -0.3 is 5.32 Å². The summed E-state index contributed by atoms with van der Waals surface area (Å²) in [6, 6.07) is 0. The number of hydrogen-bond acceptors (Lipinski definition) is 1. The second kappa shape index (κ2) is 2.26. The molecule has 0 radical (unpaired) electrons. The largest absolute Gasteiger partial charge is 0.351 e. The summed E-state index contributed by atoms with van der Waals surface area (Å²) in [6.07, 6.45) is -0.885. The summed E-state index contributed by atoms with van der Waals surface area (Å²) < 4.78 is 14.5. The van der Waals surface area contributed by atoms with E-state index in [1.54, 1.807) is 0 Å². The highest BCUT2D eigenvalue weighted by molar-refractivity contribution is 5.81. The van der Waals surface area contributed by atoms with Crippen molar-refractivity contribution in [3.05, 3.63) is 0 Å². The predicted octanol–water partition coefficient (Wildman–Crippen LogP) is 1.31. The number of rotatable bonds is 1. The Hall–Kier alpha value is -0.530. The van der Waals surface area contributed by atoms with Crippen molar-refractivity contribution in [2.45, 2.75) is 39.1 Å². The van der Waals surface area contributed by atoms with E-state index in [0.29, 0.717) is 6.42 Å². The van der Waals surface area contributed by atoms with E-state index in [4.69, 9.17) is 2.74 Å². The van der Waals surface area contributed by atoms with Gasteiger partial charge in [0.1, 0.15) is 0 Å². The van der Waals surface area contributed by atoms with Gasteiger partial charge in [-0.25, -0.2) is 0 Å². The Morgan fingerprint density at radius 2 is 2.20 bits per heavy atom. The molecule has 0 bridgehead atoms. The normalized spacial score (nSPS) is 32.1. The topological polar surface area (TPSA) is 29.1 Å². The Morgan fingerprint density at radius 3 is 2.50 bits per heavy atom. The van der Waals surface area contributed by atoms with Crippen LogP contribution in [0, 0.1) is 5.92 Å². The van der Waals surface area contributed by atoms with Crippen LogP contribution in [0.1, 0.15) is 36.3 Å². The molecule has 2 nitrogen and oxygen atoms in total. The zero-order chi connectivity index (χ0) is 9.57. The third-order valence-corrected chi connectivity index (χ3v) is 1.22. The van der Waals surface area contributed by atoms with Gasteiger partial charge in [0, 0.05) is 14.2 Å². The van der Waals surface area contributed by atoms with Crippen LogP contribution in [0.3, 0.4) is 0 Å². The van der Waals surface area contributed by atoms with E-state index in [1.165, 1.54) is 0 Å². The number of carbonyl (C=O) groups is 1. The second-order valence-corrected chi connectivity index (χ2v) is 3.70. The van der Waals surface area contributed by atoms with E-state index < -0.39 is 12.3 Å². The highest BCUT2D eigenvalue weighted by atomic mass is 16.2. The Morgan fingerprint density at radius 1 is 1.70 bits per heavy atom. The molecule has 1 fully saturated rings. The molecule has 1 amide bonds. The molecule has 58 valence electrons. The van der Waals surface area contributed by atoms with Gasteiger partial charge in [-0.2, -0.15) is 0 Å². The number of carbonyl (C=O) groups excluding carboxylic acids is 1. The predicted molar refractivity (Wildman–Crippen MR) is 40.6 cm³/mol. The smallest absolute Gasteiger partial charge is 0.223 e. The summed E-state index contributed by atoms with van der Waals surface area (Å²) in [4.78, 5) is 11.3. The van der Waals surface area contributed by atoms with Crippen molar-refractivity contribution in [3.8, 4) is 0 Å². The molecule has 1 saturated carbocycles. The highest BCUT2D eigenvalue weighted by Gasteiger charge is 2.31. The van der Waals surface area contributed by atoms with Gasteiger partial charge in [0.15, 0.2) is 0 Å². The van der Waals surface area contributed by atoms with Crippen LogP contribution < -0.4 is 5.32 Å². The Bertz CT molecular complexity index is 208. The van der Waals surface area contributed by atoms with Crippen molar-refractivity contribution >= 4 is 5.91 Å². The minimum Gasteiger partial charge on any atom is -0.351 e. The molecule has 1 N–H and O–H groups in total. The molecule has 1 aliphatic carbocycles. The summed E-state index contributed by atoms with van der Waals surface area (Å²) in [5, 5.41) is 2.76. The first kappa shape index (κ1) is 5.16. The number of hydrogen-bond donors (Lipinski definition) is 1. The standard InChI is InChI=1S/C8H15NO/c1-8(2,3)9-7(10)6-4-5-6/h6H,4-5H2,1-3H3,(H,9,10)/i4D2. The van der Waals surface area contributed by atoms with Crippen LogP contribution in [0.4, 0.5) is 0 Å².